The van der Waals surface area contributed by atoms with Crippen molar-refractivity contribution in [1.82, 2.24) is 24.0 Å². The van der Waals surface area contributed by atoms with Gasteiger partial charge in [0.15, 0.2) is 5.69 Å². The maximum Gasteiger partial charge on any atom is 0.271 e. The van der Waals surface area contributed by atoms with E-state index in [2.05, 4.69) is 20.3 Å². The molecule has 3 heterocycles. The largest absolute Gasteiger partial charge is 0.477 e. The van der Waals surface area contributed by atoms with Gasteiger partial charge in [-0.2, -0.15) is 9.40 Å². The molecule has 0 saturated carbocycles. The molecule has 1 saturated heterocycles. The number of aromatic nitrogens is 3. The first-order valence-corrected chi connectivity index (χ1v) is 12.6. The lowest BCUT2D eigenvalue weighted by Crippen LogP contribution is -2.48. The van der Waals surface area contributed by atoms with Gasteiger partial charge in [-0.1, -0.05) is 13.8 Å². The number of nitrogens with zero attached hydrogens (tertiary/aromatic N) is 5. The molecular formula is C21H31N7O5S. The number of carbonyl (C=O) groups is 2. The number of pyridine rings is 1. The van der Waals surface area contributed by atoms with Crippen LogP contribution in [0.2, 0.25) is 0 Å². The number of primary amides is 1. The number of piperazine rings is 1. The molecule has 13 heteroatoms. The summed E-state index contributed by atoms with van der Waals surface area (Å²) in [6.07, 6.45) is 1.67. The van der Waals surface area contributed by atoms with Crippen molar-refractivity contribution in [3.63, 3.8) is 0 Å². The van der Waals surface area contributed by atoms with Gasteiger partial charge in [0.2, 0.25) is 15.9 Å². The molecule has 2 aromatic heterocycles. The molecular weight excluding hydrogens is 462 g/mol. The second kappa shape index (κ2) is 10.5. The van der Waals surface area contributed by atoms with Crippen molar-refractivity contribution in [3.8, 4) is 5.88 Å². The van der Waals surface area contributed by atoms with Crippen LogP contribution in [0.3, 0.4) is 0 Å². The molecule has 0 unspecified atom stereocenters. The summed E-state index contributed by atoms with van der Waals surface area (Å²) in [5.74, 6) is -1.50. The Hall–Kier alpha value is -3.03. The molecule has 1 aliphatic heterocycles. The number of ether oxygens (including phenoxy) is 1. The number of likely N-dealkylation sites (N-methyl/N-ethyl adjacent to an activating group) is 1. The zero-order valence-corrected chi connectivity index (χ0v) is 20.7. The van der Waals surface area contributed by atoms with E-state index in [1.165, 1.54) is 21.3 Å². The molecule has 12 nitrogen and oxygen atoms in total. The molecule has 0 aliphatic carbocycles. The molecule has 0 atom stereocenters. The summed E-state index contributed by atoms with van der Waals surface area (Å²) in [6, 6.07) is 1.25. The Bertz CT molecular complexity index is 1170. The van der Waals surface area contributed by atoms with E-state index in [-0.39, 0.29) is 34.3 Å². The highest BCUT2D eigenvalue weighted by atomic mass is 32.2. The van der Waals surface area contributed by atoms with Crippen molar-refractivity contribution in [1.29, 1.82) is 0 Å². The highest BCUT2D eigenvalue weighted by Crippen LogP contribution is 2.26. The first-order chi connectivity index (χ1) is 16.1. The minimum Gasteiger partial charge on any atom is -0.477 e. The summed E-state index contributed by atoms with van der Waals surface area (Å²) in [5, 5.41) is 6.75. The van der Waals surface area contributed by atoms with Crippen molar-refractivity contribution < 1.29 is 22.7 Å². The number of nitrogens with one attached hydrogen (secondary N) is 1. The van der Waals surface area contributed by atoms with E-state index in [1.54, 1.807) is 14.0 Å². The lowest BCUT2D eigenvalue weighted by Gasteiger charge is -2.33. The van der Waals surface area contributed by atoms with Crippen molar-refractivity contribution in [2.45, 2.75) is 32.1 Å². The van der Waals surface area contributed by atoms with Gasteiger partial charge in [-0.15, -0.1) is 0 Å². The predicted octanol–water partition coefficient (Wildman–Crippen LogP) is 0.454. The zero-order valence-electron chi connectivity index (χ0n) is 19.9. The quantitative estimate of drug-likeness (QED) is 0.511. The van der Waals surface area contributed by atoms with E-state index >= 15 is 0 Å². The Kier molecular flexibility index (Phi) is 7.89. The molecule has 0 bridgehead atoms. The van der Waals surface area contributed by atoms with Crippen LogP contribution in [0.5, 0.6) is 5.88 Å². The SMILES string of the molecule is CCOc1ncc(S(=O)(=O)N2CCN(CC)CC2)cc1C(=O)Nc1c(C(N)=O)nn(C)c1CC. The second-order valence-electron chi connectivity index (χ2n) is 7.76. The number of anilines is 1. The summed E-state index contributed by atoms with van der Waals surface area (Å²) in [6.45, 7) is 8.63. The molecule has 3 N–H and O–H groups in total. The summed E-state index contributed by atoms with van der Waals surface area (Å²) >= 11 is 0. The van der Waals surface area contributed by atoms with Crippen LogP contribution in [-0.2, 0) is 23.5 Å². The second-order valence-corrected chi connectivity index (χ2v) is 9.70. The highest BCUT2D eigenvalue weighted by molar-refractivity contribution is 7.89. The van der Waals surface area contributed by atoms with Crippen LogP contribution in [0, 0.1) is 0 Å². The Morgan fingerprint density at radius 3 is 2.41 bits per heavy atom. The molecule has 0 radical (unpaired) electrons. The van der Waals surface area contributed by atoms with Gasteiger partial charge >= 0.3 is 0 Å². The number of hydrogen-bond donors (Lipinski definition) is 2. The maximum atomic E-state index is 13.3. The molecule has 0 aromatic carbocycles. The van der Waals surface area contributed by atoms with Gasteiger partial charge in [0.1, 0.15) is 10.5 Å². The predicted molar refractivity (Wildman–Crippen MR) is 125 cm³/mol. The Morgan fingerprint density at radius 1 is 1.18 bits per heavy atom. The standard InChI is InChI=1S/C21H31N7O5S/c1-5-16-17(18(19(22)29)25-26(16)4)24-20(30)15-12-14(13-23-21(15)33-7-3)34(31,32)28-10-8-27(6-2)9-11-28/h12-13H,5-11H2,1-4H3,(H2,22,29)(H,24,30). The first kappa shape index (κ1) is 25.6. The van der Waals surface area contributed by atoms with Crippen LogP contribution >= 0.6 is 0 Å². The van der Waals surface area contributed by atoms with Gasteiger partial charge in [-0.05, 0) is 26.0 Å². The van der Waals surface area contributed by atoms with Crippen LogP contribution in [0.15, 0.2) is 17.2 Å². The fourth-order valence-corrected chi connectivity index (χ4v) is 5.27. The summed E-state index contributed by atoms with van der Waals surface area (Å²) in [5.41, 5.74) is 6.04. The van der Waals surface area contributed by atoms with Crippen molar-refractivity contribution in [3.05, 3.63) is 29.2 Å². The van der Waals surface area contributed by atoms with Crippen LogP contribution in [0.1, 0.15) is 47.3 Å². The third-order valence-corrected chi connectivity index (χ3v) is 7.60. The fourth-order valence-electron chi connectivity index (χ4n) is 3.87. The van der Waals surface area contributed by atoms with Crippen molar-refractivity contribution in [2.24, 2.45) is 12.8 Å². The van der Waals surface area contributed by atoms with Crippen LogP contribution in [-0.4, -0.2) is 83.5 Å². The Balaban J connectivity index is 1.98. The van der Waals surface area contributed by atoms with E-state index < -0.39 is 21.8 Å². The van der Waals surface area contributed by atoms with E-state index in [4.69, 9.17) is 10.5 Å². The monoisotopic (exact) mass is 493 g/mol. The highest BCUT2D eigenvalue weighted by Gasteiger charge is 2.31. The van der Waals surface area contributed by atoms with Gasteiger partial charge in [0, 0.05) is 33.2 Å². The summed E-state index contributed by atoms with van der Waals surface area (Å²) < 4.78 is 34.8. The maximum absolute atomic E-state index is 13.3. The third kappa shape index (κ3) is 5.05. The van der Waals surface area contributed by atoms with E-state index in [0.717, 1.165) is 6.54 Å². The normalized spacial score (nSPS) is 15.3. The molecule has 1 fully saturated rings. The zero-order chi connectivity index (χ0) is 25.0. The summed E-state index contributed by atoms with van der Waals surface area (Å²) in [4.78, 5) is 31.3. The van der Waals surface area contributed by atoms with Crippen molar-refractivity contribution in [2.75, 3.05) is 44.6 Å². The van der Waals surface area contributed by atoms with Gasteiger partial charge in [0.25, 0.3) is 11.8 Å². The number of rotatable bonds is 9. The van der Waals surface area contributed by atoms with Crippen molar-refractivity contribution >= 4 is 27.5 Å². The number of nitrogens with two attached hydrogens (primary N) is 1. The van der Waals surface area contributed by atoms with E-state index in [0.29, 0.717) is 38.3 Å². The van der Waals surface area contributed by atoms with E-state index in [9.17, 15) is 18.0 Å². The van der Waals surface area contributed by atoms with Gasteiger partial charge in [-0.3, -0.25) is 14.3 Å². The average Bonchev–Trinajstić information content (AvgIpc) is 3.14. The molecule has 34 heavy (non-hydrogen) atoms. The minimum absolute atomic E-state index is 0.0164. The fraction of sp³-hybridized carbons (Fsp3) is 0.524. The molecule has 2 amide bonds. The summed E-state index contributed by atoms with van der Waals surface area (Å²) in [7, 11) is -2.23. The number of amides is 2. The third-order valence-electron chi connectivity index (χ3n) is 5.74. The van der Waals surface area contributed by atoms with Crippen LogP contribution < -0.4 is 15.8 Å². The average molecular weight is 494 g/mol. The molecule has 1 aliphatic rings. The smallest absolute Gasteiger partial charge is 0.271 e. The Morgan fingerprint density at radius 2 is 1.85 bits per heavy atom. The molecule has 3 rings (SSSR count). The van der Waals surface area contributed by atoms with Gasteiger partial charge in [-0.25, -0.2) is 13.4 Å². The number of carbonyl (C=O) groups excluding carboxylic acids is 2. The number of sulfonamides is 1. The van der Waals surface area contributed by atoms with Gasteiger partial charge < -0.3 is 20.7 Å². The number of hydrogen-bond acceptors (Lipinski definition) is 8. The topological polar surface area (TPSA) is 153 Å². The Labute approximate surface area is 199 Å². The molecule has 0 spiro atoms. The van der Waals surface area contributed by atoms with Crippen LogP contribution in [0.4, 0.5) is 5.69 Å². The lowest BCUT2D eigenvalue weighted by molar-refractivity contribution is 0.0995. The number of aryl methyl sites for hydroxylation is 1. The molecule has 2 aromatic rings. The van der Waals surface area contributed by atoms with E-state index in [1.807, 2.05) is 13.8 Å². The minimum atomic E-state index is -3.87. The van der Waals surface area contributed by atoms with Gasteiger partial charge in [0.05, 0.1) is 24.2 Å². The van der Waals surface area contributed by atoms with Crippen LogP contribution in [0.25, 0.3) is 0 Å². The lowest BCUT2D eigenvalue weighted by atomic mass is 10.2. The molecule has 186 valence electrons. The first-order valence-electron chi connectivity index (χ1n) is 11.2.